The van der Waals surface area contributed by atoms with Gasteiger partial charge in [0.05, 0.1) is 16.3 Å². The highest BCUT2D eigenvalue weighted by atomic mass is 35.5. The van der Waals surface area contributed by atoms with Crippen LogP contribution in [0.3, 0.4) is 0 Å². The van der Waals surface area contributed by atoms with E-state index >= 15 is 0 Å². The Hall–Kier alpha value is -2.48. The van der Waals surface area contributed by atoms with Crippen molar-refractivity contribution in [2.24, 2.45) is 0 Å². The Balaban J connectivity index is 2.23. The lowest BCUT2D eigenvalue weighted by Gasteiger charge is -2.13. The summed E-state index contributed by atoms with van der Waals surface area (Å²) in [6, 6.07) is 16.7. The van der Waals surface area contributed by atoms with Crippen LogP contribution in [0.5, 0.6) is 0 Å². The van der Waals surface area contributed by atoms with E-state index < -0.39 is 0 Å². The van der Waals surface area contributed by atoms with Crippen LogP contribution in [-0.2, 0) is 0 Å². The SMILES string of the molecule is C#CCSc1cnc(-c2ccccc2)n(-c2ccc(Cl)cc2)c1=O. The van der Waals surface area contributed by atoms with E-state index in [9.17, 15) is 4.79 Å². The standard InChI is InChI=1S/C19H13ClN2OS/c1-2-12-24-17-13-21-18(14-6-4-3-5-7-14)22(19(17)23)16-10-8-15(20)9-11-16/h1,3-11,13H,12H2. The molecule has 24 heavy (non-hydrogen) atoms. The molecule has 0 atom stereocenters. The summed E-state index contributed by atoms with van der Waals surface area (Å²) >= 11 is 7.27. The van der Waals surface area contributed by atoms with Gasteiger partial charge in [0, 0.05) is 16.8 Å². The van der Waals surface area contributed by atoms with E-state index in [1.807, 2.05) is 30.3 Å². The molecule has 0 radical (unpaired) electrons. The summed E-state index contributed by atoms with van der Waals surface area (Å²) in [6.45, 7) is 0. The topological polar surface area (TPSA) is 34.9 Å². The summed E-state index contributed by atoms with van der Waals surface area (Å²) < 4.78 is 1.59. The average molecular weight is 353 g/mol. The smallest absolute Gasteiger partial charge is 0.268 e. The summed E-state index contributed by atoms with van der Waals surface area (Å²) in [7, 11) is 0. The van der Waals surface area contributed by atoms with E-state index in [1.54, 1.807) is 35.0 Å². The molecule has 0 unspecified atom stereocenters. The largest absolute Gasteiger partial charge is 0.272 e. The van der Waals surface area contributed by atoms with Gasteiger partial charge in [-0.3, -0.25) is 9.36 Å². The van der Waals surface area contributed by atoms with Crippen molar-refractivity contribution in [3.8, 4) is 29.4 Å². The maximum Gasteiger partial charge on any atom is 0.272 e. The average Bonchev–Trinajstić information content (AvgIpc) is 2.62. The van der Waals surface area contributed by atoms with Gasteiger partial charge in [-0.05, 0) is 24.3 Å². The molecule has 0 N–H and O–H groups in total. The fourth-order valence-electron chi connectivity index (χ4n) is 2.28. The van der Waals surface area contributed by atoms with Crippen LogP contribution in [0.25, 0.3) is 17.1 Å². The van der Waals surface area contributed by atoms with Crippen LogP contribution in [0.15, 0.2) is 70.5 Å². The van der Waals surface area contributed by atoms with Crippen LogP contribution < -0.4 is 5.56 Å². The lowest BCUT2D eigenvalue weighted by atomic mass is 10.2. The van der Waals surface area contributed by atoms with Gasteiger partial charge in [0.2, 0.25) is 0 Å². The van der Waals surface area contributed by atoms with Gasteiger partial charge in [-0.1, -0.05) is 47.9 Å². The Morgan fingerprint density at radius 3 is 2.50 bits per heavy atom. The number of hydrogen-bond donors (Lipinski definition) is 0. The van der Waals surface area contributed by atoms with E-state index in [0.29, 0.717) is 27.2 Å². The first-order valence-electron chi connectivity index (χ1n) is 7.20. The Bertz CT molecular complexity index is 944. The highest BCUT2D eigenvalue weighted by Crippen LogP contribution is 2.22. The van der Waals surface area contributed by atoms with Gasteiger partial charge < -0.3 is 0 Å². The molecule has 2 aromatic carbocycles. The number of rotatable bonds is 4. The molecule has 0 saturated heterocycles. The minimum atomic E-state index is -0.147. The van der Waals surface area contributed by atoms with Crippen molar-refractivity contribution < 1.29 is 0 Å². The number of hydrogen-bond acceptors (Lipinski definition) is 3. The fraction of sp³-hybridized carbons (Fsp3) is 0.0526. The van der Waals surface area contributed by atoms with Crippen molar-refractivity contribution in [2.45, 2.75) is 4.90 Å². The van der Waals surface area contributed by atoms with Gasteiger partial charge in [0.25, 0.3) is 5.56 Å². The zero-order valence-electron chi connectivity index (χ0n) is 12.6. The number of halogens is 1. The van der Waals surface area contributed by atoms with Crippen LogP contribution in [0.4, 0.5) is 0 Å². The number of benzene rings is 2. The molecule has 0 aliphatic heterocycles. The Morgan fingerprint density at radius 1 is 1.12 bits per heavy atom. The van der Waals surface area contributed by atoms with Crippen LogP contribution in [0.1, 0.15) is 0 Å². The van der Waals surface area contributed by atoms with Crippen molar-refractivity contribution in [3.05, 3.63) is 76.2 Å². The van der Waals surface area contributed by atoms with Gasteiger partial charge in [0.15, 0.2) is 0 Å². The fourth-order valence-corrected chi connectivity index (χ4v) is 2.98. The summed E-state index contributed by atoms with van der Waals surface area (Å²) in [5.41, 5.74) is 1.42. The third-order valence-electron chi connectivity index (χ3n) is 3.36. The van der Waals surface area contributed by atoms with Crippen LogP contribution >= 0.6 is 23.4 Å². The zero-order chi connectivity index (χ0) is 16.9. The molecule has 118 valence electrons. The van der Waals surface area contributed by atoms with E-state index in [-0.39, 0.29) is 5.56 Å². The Kier molecular flexibility index (Phi) is 5.05. The van der Waals surface area contributed by atoms with Crippen molar-refractivity contribution in [3.63, 3.8) is 0 Å². The molecule has 1 heterocycles. The van der Waals surface area contributed by atoms with Crippen molar-refractivity contribution >= 4 is 23.4 Å². The quantitative estimate of drug-likeness (QED) is 0.519. The maximum atomic E-state index is 13.0. The number of nitrogens with zero attached hydrogens (tertiary/aromatic N) is 2. The monoisotopic (exact) mass is 352 g/mol. The summed E-state index contributed by atoms with van der Waals surface area (Å²) in [5.74, 6) is 3.52. The molecular formula is C19H13ClN2OS. The molecule has 0 aliphatic rings. The molecule has 3 aromatic rings. The molecule has 0 spiro atoms. The maximum absolute atomic E-state index is 13.0. The van der Waals surface area contributed by atoms with Crippen molar-refractivity contribution in [1.29, 1.82) is 0 Å². The second kappa shape index (κ2) is 7.39. The first kappa shape index (κ1) is 16.4. The molecule has 0 amide bonds. The normalized spacial score (nSPS) is 10.3. The number of terminal acetylenes is 1. The molecule has 3 nitrogen and oxygen atoms in total. The van der Waals surface area contributed by atoms with Crippen LogP contribution in [-0.4, -0.2) is 15.3 Å². The summed E-state index contributed by atoms with van der Waals surface area (Å²) in [4.78, 5) is 18.0. The number of thioether (sulfide) groups is 1. The van der Waals surface area contributed by atoms with Crippen LogP contribution in [0, 0.1) is 12.3 Å². The second-order valence-electron chi connectivity index (χ2n) is 4.92. The van der Waals surface area contributed by atoms with Gasteiger partial charge in [-0.25, -0.2) is 4.98 Å². The van der Waals surface area contributed by atoms with Crippen molar-refractivity contribution in [1.82, 2.24) is 9.55 Å². The molecule has 0 aliphatic carbocycles. The first-order chi connectivity index (χ1) is 11.7. The Labute approximate surface area is 149 Å². The molecule has 1 aromatic heterocycles. The third kappa shape index (κ3) is 3.38. The predicted octanol–water partition coefficient (Wildman–Crippen LogP) is 4.28. The molecule has 0 bridgehead atoms. The molecule has 5 heteroatoms. The highest BCUT2D eigenvalue weighted by Gasteiger charge is 2.14. The van der Waals surface area contributed by atoms with Gasteiger partial charge in [0.1, 0.15) is 5.82 Å². The van der Waals surface area contributed by atoms with E-state index in [0.717, 1.165) is 5.56 Å². The zero-order valence-corrected chi connectivity index (χ0v) is 14.2. The van der Waals surface area contributed by atoms with Gasteiger partial charge >= 0.3 is 0 Å². The molecule has 3 rings (SSSR count). The predicted molar refractivity (Wildman–Crippen MR) is 99.8 cm³/mol. The lowest BCUT2D eigenvalue weighted by molar-refractivity contribution is 0.904. The minimum Gasteiger partial charge on any atom is -0.268 e. The third-order valence-corrected chi connectivity index (χ3v) is 4.51. The number of aromatic nitrogens is 2. The minimum absolute atomic E-state index is 0.147. The Morgan fingerprint density at radius 2 is 1.83 bits per heavy atom. The molecule has 0 saturated carbocycles. The van der Waals surface area contributed by atoms with Crippen molar-refractivity contribution in [2.75, 3.05) is 5.75 Å². The van der Waals surface area contributed by atoms with Gasteiger partial charge in [-0.2, -0.15) is 0 Å². The summed E-state index contributed by atoms with van der Waals surface area (Å²) in [5, 5.41) is 0.610. The first-order valence-corrected chi connectivity index (χ1v) is 8.57. The summed E-state index contributed by atoms with van der Waals surface area (Å²) in [6.07, 6.45) is 6.88. The molecular weight excluding hydrogens is 340 g/mol. The van der Waals surface area contributed by atoms with E-state index in [1.165, 1.54) is 11.8 Å². The lowest BCUT2D eigenvalue weighted by Crippen LogP contribution is -2.23. The molecule has 0 fully saturated rings. The van der Waals surface area contributed by atoms with E-state index in [4.69, 9.17) is 18.0 Å². The van der Waals surface area contributed by atoms with E-state index in [2.05, 4.69) is 10.9 Å². The highest BCUT2D eigenvalue weighted by molar-refractivity contribution is 7.99. The second-order valence-corrected chi connectivity index (χ2v) is 6.38. The van der Waals surface area contributed by atoms with Crippen LogP contribution in [0.2, 0.25) is 5.02 Å². The van der Waals surface area contributed by atoms with Gasteiger partial charge in [-0.15, -0.1) is 18.2 Å².